The van der Waals surface area contributed by atoms with Crippen LogP contribution in [0.4, 0.5) is 0 Å². The van der Waals surface area contributed by atoms with Gasteiger partial charge in [-0.05, 0) is 30.9 Å². The van der Waals surface area contributed by atoms with Gasteiger partial charge < -0.3 is 20.7 Å². The van der Waals surface area contributed by atoms with Crippen molar-refractivity contribution in [1.82, 2.24) is 16.0 Å². The van der Waals surface area contributed by atoms with Gasteiger partial charge in [-0.3, -0.25) is 19.2 Å². The number of esters is 1. The number of rotatable bonds is 2. The zero-order chi connectivity index (χ0) is 24.9. The third-order valence-electron chi connectivity index (χ3n) is 5.63. The minimum absolute atomic E-state index is 0.0768. The molecule has 1 aromatic carbocycles. The van der Waals surface area contributed by atoms with Crippen molar-refractivity contribution in [1.29, 1.82) is 0 Å². The number of benzene rings is 1. The topological polar surface area (TPSA) is 114 Å². The molecule has 3 amide bonds. The van der Waals surface area contributed by atoms with E-state index in [1.165, 1.54) is 10.8 Å². The lowest BCUT2D eigenvalue weighted by Gasteiger charge is -2.23. The minimum atomic E-state index is -0.876. The van der Waals surface area contributed by atoms with Crippen molar-refractivity contribution in [3.63, 3.8) is 0 Å². The monoisotopic (exact) mass is 519 g/mol. The third-order valence-corrected chi connectivity index (χ3v) is 8.08. The summed E-state index contributed by atoms with van der Waals surface area (Å²) in [6.07, 6.45) is 6.28. The lowest BCUT2D eigenvalue weighted by atomic mass is 10.0. The second-order valence-electron chi connectivity index (χ2n) is 8.53. The number of amides is 3. The van der Waals surface area contributed by atoms with Crippen molar-refractivity contribution in [2.45, 2.75) is 63.1 Å². The number of allylic oxidation sites excluding steroid dienone is 1. The molecule has 2 bridgehead atoms. The molecule has 0 saturated carbocycles. The Labute approximate surface area is 214 Å². The molecule has 2 aliphatic heterocycles. The van der Waals surface area contributed by atoms with E-state index in [4.69, 9.17) is 4.74 Å². The van der Waals surface area contributed by atoms with E-state index in [9.17, 15) is 19.2 Å². The Hall–Kier alpha value is -2.46. The lowest BCUT2D eigenvalue weighted by Crippen LogP contribution is -2.55. The van der Waals surface area contributed by atoms with E-state index in [0.717, 1.165) is 30.6 Å². The third kappa shape index (κ3) is 9.97. The predicted octanol–water partition coefficient (Wildman–Crippen LogP) is 2.53. The zero-order valence-electron chi connectivity index (χ0n) is 19.7. The summed E-state index contributed by atoms with van der Waals surface area (Å²) in [5, 5.41) is 8.57. The summed E-state index contributed by atoms with van der Waals surface area (Å²) < 4.78 is 5.59. The van der Waals surface area contributed by atoms with Crippen molar-refractivity contribution >= 4 is 45.3 Å². The van der Waals surface area contributed by atoms with E-state index in [0.29, 0.717) is 18.7 Å². The molecule has 3 atom stereocenters. The molecule has 3 N–H and O–H groups in total. The van der Waals surface area contributed by atoms with Gasteiger partial charge >= 0.3 is 5.97 Å². The van der Waals surface area contributed by atoms with E-state index < -0.39 is 30.0 Å². The predicted molar refractivity (Wildman–Crippen MR) is 139 cm³/mol. The minimum Gasteiger partial charge on any atom is -0.458 e. The van der Waals surface area contributed by atoms with E-state index >= 15 is 0 Å². The van der Waals surface area contributed by atoms with Gasteiger partial charge in [-0.1, -0.05) is 64.4 Å². The van der Waals surface area contributed by atoms with Crippen LogP contribution in [-0.2, 0) is 30.3 Å². The number of carbonyl (C=O) groups excluding carboxylic acids is 4. The molecule has 0 unspecified atom stereocenters. The lowest BCUT2D eigenvalue weighted by molar-refractivity contribution is -0.148. The van der Waals surface area contributed by atoms with Gasteiger partial charge in [0, 0.05) is 30.9 Å². The molecule has 10 heteroatoms. The molecule has 8 nitrogen and oxygen atoms in total. The molecule has 0 aliphatic carbocycles. The fraction of sp³-hybridized carbons (Fsp3) is 0.520. The van der Waals surface area contributed by atoms with Gasteiger partial charge in [0.1, 0.15) is 18.2 Å². The fourth-order valence-corrected chi connectivity index (χ4v) is 5.93. The van der Waals surface area contributed by atoms with Crippen LogP contribution < -0.4 is 16.0 Å². The molecule has 3 rings (SSSR count). The molecule has 1 aromatic rings. The second-order valence-corrected chi connectivity index (χ2v) is 11.2. The van der Waals surface area contributed by atoms with Gasteiger partial charge in [0.15, 0.2) is 0 Å². The van der Waals surface area contributed by atoms with E-state index in [1.54, 1.807) is 16.9 Å². The van der Waals surface area contributed by atoms with Gasteiger partial charge in [-0.2, -0.15) is 0 Å². The molecular formula is C25H33N3O5S2. The highest BCUT2D eigenvalue weighted by Crippen LogP contribution is 2.23. The standard InChI is InChI=1S/C25H33N3O5S2/c29-22-16-19-11-6-8-14-34-35-17-21(24(31)26-13-7-2-5-12-23(30)33-19)28-25(32)20(27-22)15-18-9-3-1-4-10-18/h1,3-4,6,9-11,19-21H,2,5,7-8,12-17H2,(H,26,31)(H,27,29)(H,28,32)/b11-6-/t19-,20-,21-/m1/s1. The quantitative estimate of drug-likeness (QED) is 0.313. The molecule has 35 heavy (non-hydrogen) atoms. The maximum atomic E-state index is 13.3. The van der Waals surface area contributed by atoms with Crippen molar-refractivity contribution in [3.8, 4) is 0 Å². The normalized spacial score (nSPS) is 26.8. The second kappa shape index (κ2) is 14.8. The summed E-state index contributed by atoms with van der Waals surface area (Å²) in [4.78, 5) is 51.5. The summed E-state index contributed by atoms with van der Waals surface area (Å²) in [5.41, 5.74) is 0.880. The SMILES string of the molecule is O=C1C[C@H]2/C=C\CCSSC[C@@H](NC(=O)[C@@H](Cc3ccccc3)N1)C(=O)NCCCCCC(=O)O2. The van der Waals surface area contributed by atoms with Gasteiger partial charge in [-0.25, -0.2) is 0 Å². The number of hydrogen-bond donors (Lipinski definition) is 3. The first-order valence-electron chi connectivity index (χ1n) is 12.0. The van der Waals surface area contributed by atoms with Gasteiger partial charge in [0.2, 0.25) is 17.7 Å². The van der Waals surface area contributed by atoms with Crippen molar-refractivity contribution in [2.24, 2.45) is 0 Å². The fourth-order valence-electron chi connectivity index (χ4n) is 3.77. The Morgan fingerprint density at radius 2 is 1.77 bits per heavy atom. The van der Waals surface area contributed by atoms with Gasteiger partial charge in [-0.15, -0.1) is 0 Å². The van der Waals surface area contributed by atoms with Crippen LogP contribution in [0.3, 0.4) is 0 Å². The molecule has 0 spiro atoms. The maximum absolute atomic E-state index is 13.3. The Bertz CT molecular complexity index is 896. The molecule has 1 saturated heterocycles. The number of fused-ring (bicyclic) bond motifs is 7. The number of nitrogens with one attached hydrogen (secondary N) is 3. The average molecular weight is 520 g/mol. The molecule has 0 radical (unpaired) electrons. The summed E-state index contributed by atoms with van der Waals surface area (Å²) in [6, 6.07) is 7.79. The van der Waals surface area contributed by atoms with Gasteiger partial charge in [0.05, 0.1) is 6.42 Å². The Morgan fingerprint density at radius 1 is 0.943 bits per heavy atom. The van der Waals surface area contributed by atoms with Crippen LogP contribution in [0, 0.1) is 0 Å². The van der Waals surface area contributed by atoms with E-state index in [2.05, 4.69) is 16.0 Å². The van der Waals surface area contributed by atoms with Crippen LogP contribution in [0.25, 0.3) is 0 Å². The molecule has 2 heterocycles. The van der Waals surface area contributed by atoms with Crippen LogP contribution in [0.1, 0.15) is 44.1 Å². The summed E-state index contributed by atoms with van der Waals surface area (Å²) in [6.45, 7) is 0.466. The van der Waals surface area contributed by atoms with Crippen LogP contribution in [-0.4, -0.2) is 59.9 Å². The number of carbonyl (C=O) groups is 4. The molecular weight excluding hydrogens is 486 g/mol. The molecule has 1 fully saturated rings. The largest absolute Gasteiger partial charge is 0.458 e. The van der Waals surface area contributed by atoms with Crippen molar-refractivity contribution in [3.05, 3.63) is 48.0 Å². The highest BCUT2D eigenvalue weighted by atomic mass is 33.1. The van der Waals surface area contributed by atoms with Crippen LogP contribution in [0.5, 0.6) is 0 Å². The van der Waals surface area contributed by atoms with Crippen LogP contribution in [0.2, 0.25) is 0 Å². The summed E-state index contributed by atoms with van der Waals surface area (Å²) in [7, 11) is 3.14. The van der Waals surface area contributed by atoms with Crippen molar-refractivity contribution < 1.29 is 23.9 Å². The Balaban J connectivity index is 1.88. The number of ether oxygens (including phenoxy) is 1. The first-order chi connectivity index (χ1) is 17.0. The first-order valence-corrected chi connectivity index (χ1v) is 14.5. The molecule has 0 aromatic heterocycles. The summed E-state index contributed by atoms with van der Waals surface area (Å²) in [5.74, 6) is -0.219. The highest BCUT2D eigenvalue weighted by molar-refractivity contribution is 8.76. The maximum Gasteiger partial charge on any atom is 0.306 e. The smallest absolute Gasteiger partial charge is 0.306 e. The Kier molecular flexibility index (Phi) is 11.5. The van der Waals surface area contributed by atoms with E-state index in [1.807, 2.05) is 36.4 Å². The molecule has 190 valence electrons. The van der Waals surface area contributed by atoms with Crippen LogP contribution in [0.15, 0.2) is 42.5 Å². The zero-order valence-corrected chi connectivity index (χ0v) is 21.3. The average Bonchev–Trinajstić information content (AvgIpc) is 2.84. The first kappa shape index (κ1) is 27.1. The van der Waals surface area contributed by atoms with Crippen LogP contribution >= 0.6 is 21.6 Å². The number of hydrogen-bond acceptors (Lipinski definition) is 7. The molecule has 2 aliphatic rings. The van der Waals surface area contributed by atoms with E-state index in [-0.39, 0.29) is 31.1 Å². The van der Waals surface area contributed by atoms with Gasteiger partial charge in [0.25, 0.3) is 0 Å². The van der Waals surface area contributed by atoms with Crippen molar-refractivity contribution in [2.75, 3.05) is 18.1 Å². The highest BCUT2D eigenvalue weighted by Gasteiger charge is 2.28. The summed E-state index contributed by atoms with van der Waals surface area (Å²) >= 11 is 0. The Morgan fingerprint density at radius 3 is 2.60 bits per heavy atom.